The molecule has 0 saturated carbocycles. The number of nitrogens with zero attached hydrogens (tertiary/aromatic N) is 1. The molecule has 17 heavy (non-hydrogen) atoms. The van der Waals surface area contributed by atoms with Crippen molar-refractivity contribution in [2.24, 2.45) is 0 Å². The second-order valence-electron chi connectivity index (χ2n) is 5.07. The molecule has 0 aliphatic heterocycles. The van der Waals surface area contributed by atoms with Gasteiger partial charge >= 0.3 is 0 Å². The molecule has 0 fully saturated rings. The number of hydrogen-bond donors (Lipinski definition) is 2. The summed E-state index contributed by atoms with van der Waals surface area (Å²) in [5.41, 5.74) is 0. The van der Waals surface area contributed by atoms with Crippen LogP contribution in [0.15, 0.2) is 0 Å². The highest BCUT2D eigenvalue weighted by Gasteiger charge is 2.31. The highest BCUT2D eigenvalue weighted by atomic mass is 16.8. The maximum absolute atomic E-state index is 9.75. The lowest BCUT2D eigenvalue weighted by atomic mass is 10.0. The van der Waals surface area contributed by atoms with Crippen molar-refractivity contribution in [1.82, 2.24) is 0 Å². The molecule has 3 nitrogen and oxygen atoms in total. The molecule has 0 aromatic heterocycles. The third-order valence-corrected chi connectivity index (χ3v) is 3.66. The zero-order valence-electron chi connectivity index (χ0n) is 12.0. The van der Waals surface area contributed by atoms with Crippen molar-refractivity contribution in [3.05, 3.63) is 0 Å². The maximum Gasteiger partial charge on any atom is 0.151 e. The molecule has 2 N–H and O–H groups in total. The summed E-state index contributed by atoms with van der Waals surface area (Å²) in [6.07, 6.45) is 10.7. The summed E-state index contributed by atoms with van der Waals surface area (Å²) < 4.78 is 0. The van der Waals surface area contributed by atoms with E-state index < -0.39 is 4.81 Å². The summed E-state index contributed by atoms with van der Waals surface area (Å²) in [5, 5.41) is 19.5. The molecule has 1 unspecified atom stereocenters. The Balaban J connectivity index is 3.57. The van der Waals surface area contributed by atoms with E-state index in [4.69, 9.17) is 0 Å². The Kier molecular flexibility index (Phi) is 9.79. The predicted molar refractivity (Wildman–Crippen MR) is 71.1 cm³/mol. The predicted octanol–water partition coefficient (Wildman–Crippen LogP) is 4.52. The van der Waals surface area contributed by atoms with E-state index in [1.165, 1.54) is 38.5 Å². The van der Waals surface area contributed by atoms with E-state index >= 15 is 0 Å². The summed E-state index contributed by atoms with van der Waals surface area (Å²) in [7, 11) is 0. The van der Waals surface area contributed by atoms with Crippen LogP contribution < -0.4 is 0 Å². The fraction of sp³-hybridized carbons (Fsp3) is 1.00. The van der Waals surface area contributed by atoms with Crippen molar-refractivity contribution in [1.29, 1.82) is 0 Å². The van der Waals surface area contributed by atoms with Gasteiger partial charge in [-0.2, -0.15) is 10.4 Å². The van der Waals surface area contributed by atoms with Crippen LogP contribution in [-0.4, -0.2) is 27.8 Å². The largest absolute Gasteiger partial charge is 0.182 e. The summed E-state index contributed by atoms with van der Waals surface area (Å²) in [5.74, 6) is 0. The number of unbranched alkanes of at least 4 members (excludes halogenated alkanes) is 6. The molecule has 0 heterocycles. The minimum atomic E-state index is -0.799. The van der Waals surface area contributed by atoms with E-state index in [2.05, 4.69) is 6.92 Å². The average molecular weight is 246 g/mol. The van der Waals surface area contributed by atoms with E-state index in [0.29, 0.717) is 6.54 Å². The fourth-order valence-electron chi connectivity index (χ4n) is 2.30. The van der Waals surface area contributed by atoms with Crippen LogP contribution in [0.3, 0.4) is 0 Å². The van der Waals surface area contributed by atoms with Crippen LogP contribution in [0, 0.1) is 0 Å². The Morgan fingerprint density at radius 2 is 1.35 bits per heavy atom. The van der Waals surface area contributed by atoms with Crippen LogP contribution in [0.5, 0.6) is 0 Å². The average Bonchev–Trinajstić information content (AvgIpc) is 2.32. The Bertz CT molecular complexity index is 172. The van der Waals surface area contributed by atoms with Gasteiger partial charge in [-0.15, -0.1) is 0 Å². The van der Waals surface area contributed by atoms with Gasteiger partial charge in [-0.1, -0.05) is 52.4 Å². The van der Waals surface area contributed by atoms with Gasteiger partial charge in [0.1, 0.15) is 6.54 Å². The molecule has 0 bridgehead atoms. The standard InChI is InChI=1S/C14H32NO2/c1-4-7-8-9-10-11-12-13-14(5-2)15(16,17)6-3/h14,16-17H,4-13H2,1-3H3/q+1. The van der Waals surface area contributed by atoms with Crippen molar-refractivity contribution in [3.63, 3.8) is 0 Å². The summed E-state index contributed by atoms with van der Waals surface area (Å²) in [6, 6.07) is -0.0179. The monoisotopic (exact) mass is 246 g/mol. The Morgan fingerprint density at radius 3 is 1.82 bits per heavy atom. The van der Waals surface area contributed by atoms with Crippen LogP contribution in [0.4, 0.5) is 0 Å². The lowest BCUT2D eigenvalue weighted by molar-refractivity contribution is -1.26. The molecule has 0 aromatic rings. The molecule has 0 saturated heterocycles. The minimum absolute atomic E-state index is 0.0179. The molecule has 0 aliphatic rings. The molecule has 3 heteroatoms. The molecule has 104 valence electrons. The zero-order valence-corrected chi connectivity index (χ0v) is 12.0. The molecule has 0 aromatic carbocycles. The van der Waals surface area contributed by atoms with Gasteiger partial charge in [0.25, 0.3) is 0 Å². The minimum Gasteiger partial charge on any atom is -0.182 e. The first-order valence-corrected chi connectivity index (χ1v) is 7.41. The van der Waals surface area contributed by atoms with E-state index in [-0.39, 0.29) is 6.04 Å². The summed E-state index contributed by atoms with van der Waals surface area (Å²) >= 11 is 0. The van der Waals surface area contributed by atoms with Crippen molar-refractivity contribution >= 4 is 0 Å². The summed E-state index contributed by atoms with van der Waals surface area (Å²) in [4.78, 5) is -0.799. The van der Waals surface area contributed by atoms with Crippen LogP contribution in [0.2, 0.25) is 0 Å². The molecule has 0 radical (unpaired) electrons. The lowest BCUT2D eigenvalue weighted by Crippen LogP contribution is -2.49. The first kappa shape index (κ1) is 16.9. The topological polar surface area (TPSA) is 40.5 Å². The number of quaternary nitrogens is 1. The van der Waals surface area contributed by atoms with Crippen LogP contribution in [-0.2, 0) is 0 Å². The first-order valence-electron chi connectivity index (χ1n) is 7.41. The van der Waals surface area contributed by atoms with Crippen molar-refractivity contribution in [2.45, 2.75) is 84.6 Å². The normalized spacial score (nSPS) is 13.9. The summed E-state index contributed by atoms with van der Waals surface area (Å²) in [6.45, 7) is 6.44. The van der Waals surface area contributed by atoms with E-state index in [9.17, 15) is 10.4 Å². The highest BCUT2D eigenvalue weighted by Crippen LogP contribution is 2.17. The van der Waals surface area contributed by atoms with Gasteiger partial charge in [0.05, 0.1) is 0 Å². The van der Waals surface area contributed by atoms with Gasteiger partial charge in [0, 0.05) is 12.8 Å². The third-order valence-electron chi connectivity index (χ3n) is 3.66. The molecular formula is C14H32NO2+. The number of rotatable bonds is 11. The first-order chi connectivity index (χ1) is 8.08. The van der Waals surface area contributed by atoms with E-state index in [1.807, 2.05) is 13.8 Å². The Hall–Kier alpha value is -0.120. The van der Waals surface area contributed by atoms with E-state index in [1.54, 1.807) is 0 Å². The van der Waals surface area contributed by atoms with Gasteiger partial charge in [0.15, 0.2) is 6.04 Å². The second-order valence-corrected chi connectivity index (χ2v) is 5.07. The molecule has 0 aliphatic carbocycles. The van der Waals surface area contributed by atoms with Crippen molar-refractivity contribution < 1.29 is 15.2 Å². The van der Waals surface area contributed by atoms with Crippen LogP contribution >= 0.6 is 0 Å². The van der Waals surface area contributed by atoms with Crippen molar-refractivity contribution in [3.8, 4) is 0 Å². The van der Waals surface area contributed by atoms with Gasteiger partial charge in [-0.05, 0) is 18.2 Å². The molecule has 0 amide bonds. The van der Waals surface area contributed by atoms with Gasteiger partial charge in [0.2, 0.25) is 0 Å². The van der Waals surface area contributed by atoms with Gasteiger partial charge in [-0.25, -0.2) is 0 Å². The third kappa shape index (κ3) is 7.74. The number of hydroxylamine groups is 4. The lowest BCUT2D eigenvalue weighted by Gasteiger charge is -2.28. The number of hydrogen-bond acceptors (Lipinski definition) is 2. The smallest absolute Gasteiger partial charge is 0.151 e. The molecule has 1 atom stereocenters. The SMILES string of the molecule is CCCCCCCCCC(CC)[N+](O)(O)CC. The fourth-order valence-corrected chi connectivity index (χ4v) is 2.30. The Morgan fingerprint density at radius 1 is 0.824 bits per heavy atom. The molecular weight excluding hydrogens is 214 g/mol. The Labute approximate surface area is 107 Å². The van der Waals surface area contributed by atoms with Gasteiger partial charge in [-0.3, -0.25) is 0 Å². The van der Waals surface area contributed by atoms with Crippen molar-refractivity contribution in [2.75, 3.05) is 6.54 Å². The molecule has 0 spiro atoms. The second kappa shape index (κ2) is 9.86. The quantitative estimate of drug-likeness (QED) is 0.320. The van der Waals surface area contributed by atoms with Crippen LogP contribution in [0.25, 0.3) is 0 Å². The zero-order chi connectivity index (χ0) is 13.1. The maximum atomic E-state index is 9.75. The van der Waals surface area contributed by atoms with E-state index in [0.717, 1.165) is 19.3 Å². The molecule has 0 rings (SSSR count). The van der Waals surface area contributed by atoms with Crippen LogP contribution in [0.1, 0.15) is 78.6 Å². The van der Waals surface area contributed by atoms with Gasteiger partial charge < -0.3 is 0 Å². The highest BCUT2D eigenvalue weighted by molar-refractivity contribution is 4.55.